The van der Waals surface area contributed by atoms with Gasteiger partial charge in [-0.3, -0.25) is 4.79 Å². The van der Waals surface area contributed by atoms with Gasteiger partial charge in [-0.25, -0.2) is 18.2 Å². The summed E-state index contributed by atoms with van der Waals surface area (Å²) in [4.78, 5) is 30.2. The SMILES string of the molecule is CCOC(=O)c1cc2ccc(CN(C(C)=O)c3ccccc3S(C)(=O)=O)cc2nc1N. The molecular formula is C22H23N3O5S. The fraction of sp³-hybridized carbons (Fsp3) is 0.227. The number of hydrogen-bond donors (Lipinski definition) is 1. The minimum atomic E-state index is -3.53. The van der Waals surface area contributed by atoms with E-state index in [0.29, 0.717) is 16.6 Å². The van der Waals surface area contributed by atoms with Crippen molar-refractivity contribution in [3.63, 3.8) is 0 Å². The molecule has 31 heavy (non-hydrogen) atoms. The summed E-state index contributed by atoms with van der Waals surface area (Å²) < 4.78 is 29.4. The third kappa shape index (κ3) is 4.83. The number of rotatable bonds is 6. The third-order valence-corrected chi connectivity index (χ3v) is 5.83. The number of carbonyl (C=O) groups is 2. The highest BCUT2D eigenvalue weighted by Gasteiger charge is 2.21. The number of nitrogens with two attached hydrogens (primary N) is 1. The number of pyridine rings is 1. The van der Waals surface area contributed by atoms with Gasteiger partial charge in [0, 0.05) is 18.6 Å². The predicted molar refractivity (Wildman–Crippen MR) is 119 cm³/mol. The summed E-state index contributed by atoms with van der Waals surface area (Å²) in [5.74, 6) is -0.797. The van der Waals surface area contributed by atoms with Gasteiger partial charge in [-0.2, -0.15) is 0 Å². The molecule has 0 saturated carbocycles. The first-order valence-corrected chi connectivity index (χ1v) is 11.4. The van der Waals surface area contributed by atoms with Crippen LogP contribution in [-0.2, 0) is 25.9 Å². The molecule has 0 spiro atoms. The summed E-state index contributed by atoms with van der Waals surface area (Å²) in [6.45, 7) is 3.45. The van der Waals surface area contributed by atoms with Crippen molar-refractivity contribution >= 4 is 44.1 Å². The third-order valence-electron chi connectivity index (χ3n) is 4.68. The van der Waals surface area contributed by atoms with Crippen LogP contribution in [0.25, 0.3) is 10.9 Å². The fourth-order valence-corrected chi connectivity index (χ4v) is 4.12. The van der Waals surface area contributed by atoms with Crippen LogP contribution < -0.4 is 10.6 Å². The molecular weight excluding hydrogens is 418 g/mol. The van der Waals surface area contributed by atoms with Crippen LogP contribution in [0.4, 0.5) is 11.5 Å². The maximum atomic E-state index is 12.4. The van der Waals surface area contributed by atoms with Crippen LogP contribution in [0.15, 0.2) is 53.4 Å². The Morgan fingerprint density at radius 3 is 2.48 bits per heavy atom. The minimum Gasteiger partial charge on any atom is -0.462 e. The lowest BCUT2D eigenvalue weighted by atomic mass is 10.1. The Morgan fingerprint density at radius 1 is 1.13 bits per heavy atom. The Bertz CT molecular complexity index is 1270. The molecule has 0 bridgehead atoms. The number of ether oxygens (including phenoxy) is 1. The molecule has 0 aliphatic rings. The Labute approximate surface area is 180 Å². The van der Waals surface area contributed by atoms with E-state index in [2.05, 4.69) is 4.98 Å². The Balaban J connectivity index is 2.01. The number of esters is 1. The Kier molecular flexibility index (Phi) is 6.26. The van der Waals surface area contributed by atoms with E-state index in [1.54, 1.807) is 49.4 Å². The maximum absolute atomic E-state index is 12.4. The standard InChI is InChI=1S/C22H23N3O5S/c1-4-30-22(27)17-12-16-10-9-15(11-18(16)24-21(17)23)13-25(14(2)26)19-7-5-6-8-20(19)31(3,28)29/h5-12H,4,13H2,1-3H3,(H2,23,24). The van der Waals surface area contributed by atoms with E-state index in [0.717, 1.165) is 11.8 Å². The van der Waals surface area contributed by atoms with Crippen molar-refractivity contribution in [1.82, 2.24) is 4.98 Å². The molecule has 0 radical (unpaired) electrons. The van der Waals surface area contributed by atoms with E-state index in [1.807, 2.05) is 0 Å². The summed E-state index contributed by atoms with van der Waals surface area (Å²) in [6, 6.07) is 13.3. The smallest absolute Gasteiger partial charge is 0.341 e. The van der Waals surface area contributed by atoms with E-state index in [-0.39, 0.29) is 35.3 Å². The molecule has 3 aromatic rings. The van der Waals surface area contributed by atoms with Gasteiger partial charge in [-0.05, 0) is 36.8 Å². The van der Waals surface area contributed by atoms with Crippen molar-refractivity contribution in [2.24, 2.45) is 0 Å². The zero-order valence-electron chi connectivity index (χ0n) is 17.5. The van der Waals surface area contributed by atoms with Crippen LogP contribution in [0, 0.1) is 0 Å². The summed E-state index contributed by atoms with van der Waals surface area (Å²) in [7, 11) is -3.53. The van der Waals surface area contributed by atoms with E-state index < -0.39 is 15.8 Å². The first-order valence-electron chi connectivity index (χ1n) is 9.55. The van der Waals surface area contributed by atoms with E-state index in [9.17, 15) is 18.0 Å². The van der Waals surface area contributed by atoms with Crippen LogP contribution in [0.2, 0.25) is 0 Å². The van der Waals surface area contributed by atoms with Gasteiger partial charge in [-0.1, -0.05) is 24.3 Å². The zero-order valence-corrected chi connectivity index (χ0v) is 18.3. The first kappa shape index (κ1) is 22.2. The molecule has 2 N–H and O–H groups in total. The summed E-state index contributed by atoms with van der Waals surface area (Å²) >= 11 is 0. The van der Waals surface area contributed by atoms with Gasteiger partial charge < -0.3 is 15.4 Å². The number of aromatic nitrogens is 1. The lowest BCUT2D eigenvalue weighted by Crippen LogP contribution is -2.29. The molecule has 2 aromatic carbocycles. The number of sulfone groups is 1. The number of hydrogen-bond acceptors (Lipinski definition) is 7. The molecule has 0 aliphatic carbocycles. The van der Waals surface area contributed by atoms with Crippen molar-refractivity contribution in [3.8, 4) is 0 Å². The normalized spacial score (nSPS) is 11.3. The number of anilines is 2. The predicted octanol–water partition coefficient (Wildman–Crippen LogP) is 2.95. The van der Waals surface area contributed by atoms with Crippen molar-refractivity contribution in [1.29, 1.82) is 0 Å². The average molecular weight is 442 g/mol. The lowest BCUT2D eigenvalue weighted by Gasteiger charge is -2.23. The van der Waals surface area contributed by atoms with Crippen molar-refractivity contribution in [3.05, 3.63) is 59.7 Å². The van der Waals surface area contributed by atoms with Crippen LogP contribution >= 0.6 is 0 Å². The van der Waals surface area contributed by atoms with E-state index in [1.165, 1.54) is 17.9 Å². The number of nitrogen functional groups attached to an aromatic ring is 1. The number of para-hydroxylation sites is 1. The molecule has 1 amide bonds. The second kappa shape index (κ2) is 8.73. The highest BCUT2D eigenvalue weighted by Crippen LogP contribution is 2.28. The second-order valence-electron chi connectivity index (χ2n) is 7.01. The summed E-state index contributed by atoms with van der Waals surface area (Å²) in [5.41, 5.74) is 7.70. The second-order valence-corrected chi connectivity index (χ2v) is 9.00. The molecule has 1 heterocycles. The number of nitrogens with zero attached hydrogens (tertiary/aromatic N) is 2. The average Bonchev–Trinajstić information content (AvgIpc) is 2.70. The molecule has 162 valence electrons. The highest BCUT2D eigenvalue weighted by molar-refractivity contribution is 7.90. The minimum absolute atomic E-state index is 0.0500. The summed E-state index contributed by atoms with van der Waals surface area (Å²) in [5, 5.41) is 0.687. The van der Waals surface area contributed by atoms with Gasteiger partial charge in [0.1, 0.15) is 11.4 Å². The molecule has 3 rings (SSSR count). The number of fused-ring (bicyclic) bond motifs is 1. The van der Waals surface area contributed by atoms with E-state index in [4.69, 9.17) is 10.5 Å². The molecule has 0 saturated heterocycles. The monoisotopic (exact) mass is 441 g/mol. The maximum Gasteiger partial charge on any atom is 0.341 e. The molecule has 9 heteroatoms. The van der Waals surface area contributed by atoms with Crippen LogP contribution in [0.3, 0.4) is 0 Å². The largest absolute Gasteiger partial charge is 0.462 e. The van der Waals surface area contributed by atoms with Crippen LogP contribution in [-0.4, -0.2) is 38.1 Å². The van der Waals surface area contributed by atoms with Gasteiger partial charge in [0.15, 0.2) is 9.84 Å². The molecule has 0 atom stereocenters. The van der Waals surface area contributed by atoms with Gasteiger partial charge in [-0.15, -0.1) is 0 Å². The number of carbonyl (C=O) groups excluding carboxylic acids is 2. The van der Waals surface area contributed by atoms with Crippen molar-refractivity contribution in [2.45, 2.75) is 25.3 Å². The molecule has 8 nitrogen and oxygen atoms in total. The molecule has 0 aliphatic heterocycles. The molecule has 1 aromatic heterocycles. The Morgan fingerprint density at radius 2 is 1.84 bits per heavy atom. The molecule has 0 unspecified atom stereocenters. The fourth-order valence-electron chi connectivity index (χ4n) is 3.24. The zero-order chi connectivity index (χ0) is 22.8. The Hall–Kier alpha value is -3.46. The topological polar surface area (TPSA) is 120 Å². The van der Waals surface area contributed by atoms with Gasteiger partial charge in [0.05, 0.1) is 29.3 Å². The van der Waals surface area contributed by atoms with Crippen LogP contribution in [0.1, 0.15) is 29.8 Å². The van der Waals surface area contributed by atoms with Gasteiger partial charge in [0.25, 0.3) is 0 Å². The molecule has 0 fully saturated rings. The summed E-state index contributed by atoms with van der Waals surface area (Å²) in [6.07, 6.45) is 1.11. The number of benzene rings is 2. The lowest BCUT2D eigenvalue weighted by molar-refractivity contribution is -0.116. The quantitative estimate of drug-likeness (QED) is 0.584. The van der Waals surface area contributed by atoms with Gasteiger partial charge >= 0.3 is 5.97 Å². The number of amides is 1. The van der Waals surface area contributed by atoms with Crippen molar-refractivity contribution in [2.75, 3.05) is 23.5 Å². The van der Waals surface area contributed by atoms with Gasteiger partial charge in [0.2, 0.25) is 5.91 Å². The van der Waals surface area contributed by atoms with Crippen LogP contribution in [0.5, 0.6) is 0 Å². The first-order chi connectivity index (χ1) is 14.6. The van der Waals surface area contributed by atoms with E-state index >= 15 is 0 Å². The van der Waals surface area contributed by atoms with Crippen molar-refractivity contribution < 1.29 is 22.7 Å². The highest BCUT2D eigenvalue weighted by atomic mass is 32.2.